The van der Waals surface area contributed by atoms with Crippen LogP contribution in [-0.2, 0) is 0 Å². The third-order valence-electron chi connectivity index (χ3n) is 1.73. The molecule has 1 aromatic heterocycles. The van der Waals surface area contributed by atoms with Gasteiger partial charge in [0.15, 0.2) is 0 Å². The molecule has 0 fully saturated rings. The third kappa shape index (κ3) is 1.45. The van der Waals surface area contributed by atoms with Crippen molar-refractivity contribution < 1.29 is 8.81 Å². The molecule has 0 saturated carbocycles. The molecule has 0 aliphatic rings. The number of rotatable bonds is 1. The Morgan fingerprint density at radius 1 is 1.15 bits per heavy atom. The first kappa shape index (κ1) is 8.32. The van der Waals surface area contributed by atoms with Gasteiger partial charge in [-0.25, -0.2) is 4.39 Å². The highest BCUT2D eigenvalue weighted by molar-refractivity contribution is 6.33. The first-order valence-electron chi connectivity index (χ1n) is 3.77. The van der Waals surface area contributed by atoms with Crippen LogP contribution in [0.15, 0.2) is 41.0 Å². The standard InChI is InChI=1S/C10H6ClFO/c11-7-3-1-4-8(12)10(7)9-5-2-6-13-9/h1-6H. The summed E-state index contributed by atoms with van der Waals surface area (Å²) < 4.78 is 18.3. The Balaban J connectivity index is 2.64. The van der Waals surface area contributed by atoms with Crippen molar-refractivity contribution in [3.63, 3.8) is 0 Å². The topological polar surface area (TPSA) is 13.1 Å². The molecule has 0 radical (unpaired) electrons. The van der Waals surface area contributed by atoms with Crippen LogP contribution in [0.2, 0.25) is 5.02 Å². The fourth-order valence-electron chi connectivity index (χ4n) is 1.15. The van der Waals surface area contributed by atoms with Gasteiger partial charge in [-0.3, -0.25) is 0 Å². The lowest BCUT2D eigenvalue weighted by atomic mass is 10.1. The second-order valence-corrected chi connectivity index (χ2v) is 2.98. The van der Waals surface area contributed by atoms with E-state index >= 15 is 0 Å². The normalized spacial score (nSPS) is 10.3. The van der Waals surface area contributed by atoms with Crippen molar-refractivity contribution >= 4 is 11.6 Å². The Hall–Kier alpha value is -1.28. The van der Waals surface area contributed by atoms with Crippen LogP contribution >= 0.6 is 11.6 Å². The van der Waals surface area contributed by atoms with Crippen molar-refractivity contribution in [2.45, 2.75) is 0 Å². The smallest absolute Gasteiger partial charge is 0.138 e. The molecule has 0 N–H and O–H groups in total. The summed E-state index contributed by atoms with van der Waals surface area (Å²) in [6.07, 6.45) is 1.48. The first-order valence-corrected chi connectivity index (χ1v) is 4.15. The van der Waals surface area contributed by atoms with Crippen molar-refractivity contribution in [1.82, 2.24) is 0 Å². The molecule has 3 heteroatoms. The fraction of sp³-hybridized carbons (Fsp3) is 0. The molecule has 13 heavy (non-hydrogen) atoms. The van der Waals surface area contributed by atoms with Crippen LogP contribution < -0.4 is 0 Å². The molecule has 2 aromatic rings. The van der Waals surface area contributed by atoms with Crippen LogP contribution in [0.3, 0.4) is 0 Å². The van der Waals surface area contributed by atoms with E-state index in [0.717, 1.165) is 0 Å². The quantitative estimate of drug-likeness (QED) is 0.677. The van der Waals surface area contributed by atoms with E-state index in [-0.39, 0.29) is 5.82 Å². The zero-order valence-electron chi connectivity index (χ0n) is 6.63. The Bertz CT molecular complexity index is 389. The molecule has 0 unspecified atom stereocenters. The van der Waals surface area contributed by atoms with E-state index < -0.39 is 0 Å². The van der Waals surface area contributed by atoms with E-state index in [1.54, 1.807) is 24.3 Å². The van der Waals surface area contributed by atoms with Crippen molar-refractivity contribution in [3.8, 4) is 11.3 Å². The zero-order valence-corrected chi connectivity index (χ0v) is 7.38. The second kappa shape index (κ2) is 3.23. The Morgan fingerprint density at radius 3 is 2.62 bits per heavy atom. The average Bonchev–Trinajstić information content (AvgIpc) is 2.57. The predicted molar refractivity (Wildman–Crippen MR) is 49.1 cm³/mol. The molecule has 0 saturated heterocycles. The van der Waals surface area contributed by atoms with Gasteiger partial charge in [0.05, 0.1) is 16.8 Å². The van der Waals surface area contributed by atoms with Gasteiger partial charge in [-0.1, -0.05) is 17.7 Å². The van der Waals surface area contributed by atoms with Gasteiger partial charge >= 0.3 is 0 Å². The summed E-state index contributed by atoms with van der Waals surface area (Å²) >= 11 is 5.82. The lowest BCUT2D eigenvalue weighted by Crippen LogP contribution is -1.82. The molecule has 1 aromatic carbocycles. The molecule has 0 amide bonds. The van der Waals surface area contributed by atoms with E-state index in [0.29, 0.717) is 16.3 Å². The van der Waals surface area contributed by atoms with E-state index in [4.69, 9.17) is 16.0 Å². The number of benzene rings is 1. The second-order valence-electron chi connectivity index (χ2n) is 2.57. The summed E-state index contributed by atoms with van der Waals surface area (Å²) in [5, 5.41) is 0.356. The maximum Gasteiger partial charge on any atom is 0.138 e. The van der Waals surface area contributed by atoms with Crippen LogP contribution in [0.25, 0.3) is 11.3 Å². The Morgan fingerprint density at radius 2 is 2.00 bits per heavy atom. The molecule has 1 nitrogen and oxygen atoms in total. The highest BCUT2D eigenvalue weighted by Gasteiger charge is 2.10. The van der Waals surface area contributed by atoms with E-state index in [9.17, 15) is 4.39 Å². The fourth-order valence-corrected chi connectivity index (χ4v) is 1.41. The molecule has 2 rings (SSSR count). The lowest BCUT2D eigenvalue weighted by molar-refractivity contribution is 0.569. The predicted octanol–water partition coefficient (Wildman–Crippen LogP) is 3.74. The van der Waals surface area contributed by atoms with Gasteiger partial charge in [0.2, 0.25) is 0 Å². The van der Waals surface area contributed by atoms with Crippen LogP contribution in [0.1, 0.15) is 0 Å². The number of furan rings is 1. The molecule has 0 atom stereocenters. The van der Waals surface area contributed by atoms with Crippen LogP contribution in [0, 0.1) is 5.82 Å². The monoisotopic (exact) mass is 196 g/mol. The number of hydrogen-bond donors (Lipinski definition) is 0. The van der Waals surface area contributed by atoms with Gasteiger partial charge in [0, 0.05) is 0 Å². The van der Waals surface area contributed by atoms with Gasteiger partial charge in [0.1, 0.15) is 11.6 Å². The lowest BCUT2D eigenvalue weighted by Gasteiger charge is -2.00. The highest BCUT2D eigenvalue weighted by Crippen LogP contribution is 2.30. The van der Waals surface area contributed by atoms with Gasteiger partial charge in [-0.2, -0.15) is 0 Å². The molecular weight excluding hydrogens is 191 g/mol. The maximum atomic E-state index is 13.3. The van der Waals surface area contributed by atoms with Crippen LogP contribution in [-0.4, -0.2) is 0 Å². The van der Waals surface area contributed by atoms with Crippen molar-refractivity contribution in [1.29, 1.82) is 0 Å². The summed E-state index contributed by atoms with van der Waals surface area (Å²) in [6, 6.07) is 7.90. The summed E-state index contributed by atoms with van der Waals surface area (Å²) in [6.45, 7) is 0. The number of hydrogen-bond acceptors (Lipinski definition) is 1. The van der Waals surface area contributed by atoms with E-state index in [1.807, 2.05) is 0 Å². The van der Waals surface area contributed by atoms with E-state index in [1.165, 1.54) is 12.3 Å². The molecular formula is C10H6ClFO. The Labute approximate surface area is 79.8 Å². The van der Waals surface area contributed by atoms with E-state index in [2.05, 4.69) is 0 Å². The minimum atomic E-state index is -0.373. The number of halogens is 2. The minimum Gasteiger partial charge on any atom is -0.464 e. The summed E-state index contributed by atoms with van der Waals surface area (Å²) in [5.41, 5.74) is 0.314. The summed E-state index contributed by atoms with van der Waals surface area (Å²) in [4.78, 5) is 0. The highest BCUT2D eigenvalue weighted by atomic mass is 35.5. The zero-order chi connectivity index (χ0) is 9.26. The van der Waals surface area contributed by atoms with Gasteiger partial charge in [-0.15, -0.1) is 0 Å². The van der Waals surface area contributed by atoms with Crippen molar-refractivity contribution in [2.24, 2.45) is 0 Å². The Kier molecular flexibility index (Phi) is 2.07. The summed E-state index contributed by atoms with van der Waals surface area (Å²) in [5.74, 6) is 0.0746. The molecule has 0 aliphatic carbocycles. The third-order valence-corrected chi connectivity index (χ3v) is 2.05. The van der Waals surface area contributed by atoms with Crippen molar-refractivity contribution in [2.75, 3.05) is 0 Å². The summed E-state index contributed by atoms with van der Waals surface area (Å²) in [7, 11) is 0. The van der Waals surface area contributed by atoms with Crippen molar-refractivity contribution in [3.05, 3.63) is 47.4 Å². The molecule has 1 heterocycles. The largest absolute Gasteiger partial charge is 0.464 e. The first-order chi connectivity index (χ1) is 6.29. The molecule has 66 valence electrons. The minimum absolute atomic E-state index is 0.314. The van der Waals surface area contributed by atoms with Gasteiger partial charge < -0.3 is 4.42 Å². The molecule has 0 aliphatic heterocycles. The maximum absolute atomic E-state index is 13.3. The molecule has 0 bridgehead atoms. The SMILES string of the molecule is Fc1cccc(Cl)c1-c1ccco1. The average molecular weight is 197 g/mol. The van der Waals surface area contributed by atoms with Crippen LogP contribution in [0.4, 0.5) is 4.39 Å². The van der Waals surface area contributed by atoms with Gasteiger partial charge in [0.25, 0.3) is 0 Å². The van der Waals surface area contributed by atoms with Crippen LogP contribution in [0.5, 0.6) is 0 Å². The van der Waals surface area contributed by atoms with Gasteiger partial charge in [-0.05, 0) is 24.3 Å². The molecule has 0 spiro atoms.